The molecule has 94 valence electrons. The van der Waals surface area contributed by atoms with Crippen molar-refractivity contribution >= 4 is 39.9 Å². The maximum Gasteiger partial charge on any atom is 0.227 e. The Morgan fingerprint density at radius 1 is 1.21 bits per heavy atom. The topological polar surface area (TPSA) is 58.6 Å². The van der Waals surface area contributed by atoms with Crippen LogP contribution in [0.3, 0.4) is 0 Å². The Kier molecular flexibility index (Phi) is 3.20. The summed E-state index contributed by atoms with van der Waals surface area (Å²) in [7, 11) is 0. The number of aromatic nitrogens is 1. The van der Waals surface area contributed by atoms with E-state index in [0.717, 1.165) is 20.2 Å². The number of fused-ring (bicyclic) bond motifs is 1. The second kappa shape index (κ2) is 5.00. The average Bonchev–Trinajstić information content (AvgIpc) is 2.82. The van der Waals surface area contributed by atoms with Gasteiger partial charge in [0, 0.05) is 9.13 Å². The predicted molar refractivity (Wildman–Crippen MR) is 81.5 cm³/mol. The van der Waals surface area contributed by atoms with Gasteiger partial charge in [-0.25, -0.2) is 4.98 Å². The molecule has 1 heterocycles. The van der Waals surface area contributed by atoms with Gasteiger partial charge in [0.05, 0.1) is 6.21 Å². The highest BCUT2D eigenvalue weighted by atomic mass is 127. The van der Waals surface area contributed by atoms with Gasteiger partial charge < -0.3 is 9.62 Å². The highest BCUT2D eigenvalue weighted by Gasteiger charge is 2.08. The summed E-state index contributed by atoms with van der Waals surface area (Å²) in [6.45, 7) is 0. The number of hydrogen-bond donors (Lipinski definition) is 1. The standard InChI is InChI=1S/C14H9IN2O2/c15-11-3-1-2-10(7-11)14-17-12-6-9(8-16-18)4-5-13(12)19-14/h1-8,18H/b16-8-. The molecule has 0 aliphatic heterocycles. The summed E-state index contributed by atoms with van der Waals surface area (Å²) >= 11 is 2.25. The maximum atomic E-state index is 8.53. The number of nitrogens with zero attached hydrogens (tertiary/aromatic N) is 2. The number of oxazole rings is 1. The van der Waals surface area contributed by atoms with E-state index in [9.17, 15) is 0 Å². The van der Waals surface area contributed by atoms with Gasteiger partial charge in [0.1, 0.15) is 5.52 Å². The molecule has 0 unspecified atom stereocenters. The van der Waals surface area contributed by atoms with Crippen molar-refractivity contribution in [3.05, 3.63) is 51.6 Å². The molecule has 1 aromatic heterocycles. The van der Waals surface area contributed by atoms with Gasteiger partial charge in [0.25, 0.3) is 0 Å². The van der Waals surface area contributed by atoms with E-state index < -0.39 is 0 Å². The van der Waals surface area contributed by atoms with Crippen molar-refractivity contribution in [1.82, 2.24) is 4.98 Å². The minimum Gasteiger partial charge on any atom is -0.436 e. The van der Waals surface area contributed by atoms with E-state index in [2.05, 4.69) is 32.7 Å². The van der Waals surface area contributed by atoms with E-state index in [4.69, 9.17) is 9.62 Å². The zero-order valence-corrected chi connectivity index (χ0v) is 11.9. The van der Waals surface area contributed by atoms with E-state index in [1.165, 1.54) is 6.21 Å². The number of rotatable bonds is 2. The first-order valence-electron chi connectivity index (χ1n) is 5.60. The average molecular weight is 364 g/mol. The zero-order valence-electron chi connectivity index (χ0n) is 9.75. The predicted octanol–water partition coefficient (Wildman–Crippen LogP) is 3.91. The lowest BCUT2D eigenvalue weighted by Crippen LogP contribution is -1.80. The summed E-state index contributed by atoms with van der Waals surface area (Å²) in [4.78, 5) is 4.45. The molecule has 0 spiro atoms. The van der Waals surface area contributed by atoms with E-state index in [-0.39, 0.29) is 0 Å². The van der Waals surface area contributed by atoms with E-state index in [1.807, 2.05) is 42.5 Å². The minimum absolute atomic E-state index is 0.589. The fourth-order valence-electron chi connectivity index (χ4n) is 1.84. The van der Waals surface area contributed by atoms with Crippen molar-refractivity contribution in [3.63, 3.8) is 0 Å². The molecule has 4 nitrogen and oxygen atoms in total. The van der Waals surface area contributed by atoms with Crippen LogP contribution < -0.4 is 0 Å². The molecule has 5 heteroatoms. The summed E-state index contributed by atoms with van der Waals surface area (Å²) in [5, 5.41) is 11.5. The summed E-state index contributed by atoms with van der Waals surface area (Å²) in [6.07, 6.45) is 1.36. The van der Waals surface area contributed by atoms with Crippen LogP contribution in [0.15, 0.2) is 52.0 Å². The van der Waals surface area contributed by atoms with Crippen LogP contribution in [0.5, 0.6) is 0 Å². The molecule has 1 N–H and O–H groups in total. The quantitative estimate of drug-likeness (QED) is 0.325. The van der Waals surface area contributed by atoms with Crippen molar-refractivity contribution < 1.29 is 9.62 Å². The molecule has 0 aliphatic rings. The van der Waals surface area contributed by atoms with Crippen LogP contribution >= 0.6 is 22.6 Å². The Bertz CT molecular complexity index is 765. The molecule has 0 saturated carbocycles. The van der Waals surface area contributed by atoms with Crippen LogP contribution in [0.25, 0.3) is 22.6 Å². The Hall–Kier alpha value is -1.89. The molecular weight excluding hydrogens is 355 g/mol. The molecule has 0 amide bonds. The molecule has 19 heavy (non-hydrogen) atoms. The zero-order chi connectivity index (χ0) is 13.2. The lowest BCUT2D eigenvalue weighted by molar-refractivity contribution is 0.322. The Morgan fingerprint density at radius 2 is 2.11 bits per heavy atom. The molecule has 3 aromatic rings. The van der Waals surface area contributed by atoms with Crippen molar-refractivity contribution in [2.45, 2.75) is 0 Å². The minimum atomic E-state index is 0.589. The molecule has 0 fully saturated rings. The largest absolute Gasteiger partial charge is 0.436 e. The van der Waals surface area contributed by atoms with Gasteiger partial charge in [0.15, 0.2) is 5.58 Å². The van der Waals surface area contributed by atoms with Crippen molar-refractivity contribution in [3.8, 4) is 11.5 Å². The van der Waals surface area contributed by atoms with Gasteiger partial charge >= 0.3 is 0 Å². The van der Waals surface area contributed by atoms with E-state index >= 15 is 0 Å². The number of oxime groups is 1. The smallest absolute Gasteiger partial charge is 0.227 e. The Morgan fingerprint density at radius 3 is 2.89 bits per heavy atom. The van der Waals surface area contributed by atoms with Crippen LogP contribution in [0.1, 0.15) is 5.56 Å². The fourth-order valence-corrected chi connectivity index (χ4v) is 2.38. The van der Waals surface area contributed by atoms with Gasteiger partial charge in [-0.2, -0.15) is 0 Å². The number of halogens is 1. The van der Waals surface area contributed by atoms with E-state index in [1.54, 1.807) is 0 Å². The molecule has 0 radical (unpaired) electrons. The first kappa shape index (κ1) is 12.2. The molecule has 0 bridgehead atoms. The van der Waals surface area contributed by atoms with Crippen LogP contribution in [0.2, 0.25) is 0 Å². The molecule has 3 rings (SSSR count). The van der Waals surface area contributed by atoms with Crippen molar-refractivity contribution in [2.24, 2.45) is 5.16 Å². The monoisotopic (exact) mass is 364 g/mol. The molecule has 0 aliphatic carbocycles. The van der Waals surface area contributed by atoms with Gasteiger partial charge in [-0.1, -0.05) is 11.2 Å². The number of hydrogen-bond acceptors (Lipinski definition) is 4. The SMILES string of the molecule is O/N=C\c1ccc2oc(-c3cccc(I)c3)nc2c1. The third-order valence-electron chi connectivity index (χ3n) is 2.69. The summed E-state index contributed by atoms with van der Waals surface area (Å²) in [6, 6.07) is 13.4. The molecule has 0 atom stereocenters. The normalized spacial score (nSPS) is 11.4. The lowest BCUT2D eigenvalue weighted by atomic mass is 10.2. The maximum absolute atomic E-state index is 8.53. The second-order valence-corrected chi connectivity index (χ2v) is 5.25. The highest BCUT2D eigenvalue weighted by molar-refractivity contribution is 14.1. The number of benzene rings is 2. The van der Waals surface area contributed by atoms with Gasteiger partial charge in [-0.05, 0) is 64.6 Å². The van der Waals surface area contributed by atoms with E-state index in [0.29, 0.717) is 11.5 Å². The van der Waals surface area contributed by atoms with Crippen molar-refractivity contribution in [1.29, 1.82) is 0 Å². The van der Waals surface area contributed by atoms with Gasteiger partial charge in [-0.3, -0.25) is 0 Å². The molecule has 0 saturated heterocycles. The fraction of sp³-hybridized carbons (Fsp3) is 0. The van der Waals surface area contributed by atoms with Crippen molar-refractivity contribution in [2.75, 3.05) is 0 Å². The van der Waals surface area contributed by atoms with Gasteiger partial charge in [-0.15, -0.1) is 0 Å². The second-order valence-electron chi connectivity index (χ2n) is 4.00. The first-order valence-corrected chi connectivity index (χ1v) is 6.68. The molecular formula is C14H9IN2O2. The Labute approximate surface area is 122 Å². The summed E-state index contributed by atoms with van der Waals surface area (Å²) in [5.74, 6) is 0.589. The Balaban J connectivity index is 2.11. The third kappa shape index (κ3) is 2.46. The summed E-state index contributed by atoms with van der Waals surface area (Å²) in [5.41, 5.74) is 3.17. The first-order chi connectivity index (χ1) is 9.26. The lowest BCUT2D eigenvalue weighted by Gasteiger charge is -1.94. The van der Waals surface area contributed by atoms with Crippen LogP contribution in [-0.4, -0.2) is 16.4 Å². The third-order valence-corrected chi connectivity index (χ3v) is 3.36. The van der Waals surface area contributed by atoms with Crippen LogP contribution in [-0.2, 0) is 0 Å². The molecule has 2 aromatic carbocycles. The van der Waals surface area contributed by atoms with Crippen LogP contribution in [0, 0.1) is 3.57 Å². The van der Waals surface area contributed by atoms with Gasteiger partial charge in [0.2, 0.25) is 5.89 Å². The van der Waals surface area contributed by atoms with Crippen LogP contribution in [0.4, 0.5) is 0 Å². The summed E-state index contributed by atoms with van der Waals surface area (Å²) < 4.78 is 6.85. The highest BCUT2D eigenvalue weighted by Crippen LogP contribution is 2.25.